The van der Waals surface area contributed by atoms with Crippen molar-refractivity contribution >= 4 is 5.69 Å². The molecule has 16 heavy (non-hydrogen) atoms. The number of benzene rings is 1. The second-order valence-electron chi connectivity index (χ2n) is 5.17. The third kappa shape index (κ3) is 1.55. The highest BCUT2D eigenvalue weighted by Crippen LogP contribution is 2.40. The molecule has 1 aromatic carbocycles. The molecule has 3 heteroatoms. The lowest BCUT2D eigenvalue weighted by molar-refractivity contribution is 0.215. The summed E-state index contributed by atoms with van der Waals surface area (Å²) >= 11 is 0. The van der Waals surface area contributed by atoms with Crippen LogP contribution in [0.15, 0.2) is 12.1 Å². The molecule has 0 amide bonds. The lowest BCUT2D eigenvalue weighted by Gasteiger charge is -2.25. The Bertz CT molecular complexity index is 413. The van der Waals surface area contributed by atoms with Gasteiger partial charge < -0.3 is 15.1 Å². The van der Waals surface area contributed by atoms with Crippen LogP contribution < -0.4 is 4.90 Å². The molecule has 0 radical (unpaired) electrons. The summed E-state index contributed by atoms with van der Waals surface area (Å²) in [6, 6.07) is 3.96. The Balaban J connectivity index is 2.53. The summed E-state index contributed by atoms with van der Waals surface area (Å²) in [5.74, 6) is 0.362. The maximum absolute atomic E-state index is 10.3. The summed E-state index contributed by atoms with van der Waals surface area (Å²) in [5, 5.41) is 19.6. The van der Waals surface area contributed by atoms with E-state index in [4.69, 9.17) is 0 Å². The fourth-order valence-corrected chi connectivity index (χ4v) is 2.26. The molecule has 0 aromatic heterocycles. The topological polar surface area (TPSA) is 43.7 Å². The van der Waals surface area contributed by atoms with E-state index in [1.165, 1.54) is 0 Å². The first-order valence-corrected chi connectivity index (χ1v) is 5.64. The number of rotatable bonds is 2. The van der Waals surface area contributed by atoms with Gasteiger partial charge in [0.25, 0.3) is 0 Å². The molecule has 2 rings (SSSR count). The van der Waals surface area contributed by atoms with E-state index < -0.39 is 0 Å². The zero-order valence-electron chi connectivity index (χ0n) is 10.1. The Kier molecular flexibility index (Phi) is 2.58. The van der Waals surface area contributed by atoms with Gasteiger partial charge in [-0.15, -0.1) is 0 Å². The first-order valence-electron chi connectivity index (χ1n) is 5.64. The minimum atomic E-state index is -0.389. The highest BCUT2D eigenvalue weighted by Gasteiger charge is 2.28. The van der Waals surface area contributed by atoms with Crippen molar-refractivity contribution in [3.8, 4) is 5.75 Å². The number of anilines is 1. The second-order valence-corrected chi connectivity index (χ2v) is 5.17. The molecular formula is C13H19NO2. The van der Waals surface area contributed by atoms with Crippen molar-refractivity contribution < 1.29 is 10.2 Å². The van der Waals surface area contributed by atoms with Crippen LogP contribution in [0, 0.1) is 0 Å². The lowest BCUT2D eigenvalue weighted by atomic mass is 9.83. The van der Waals surface area contributed by atoms with Crippen molar-refractivity contribution in [1.29, 1.82) is 0 Å². The minimum absolute atomic E-state index is 0.0369. The van der Waals surface area contributed by atoms with Crippen molar-refractivity contribution in [1.82, 2.24) is 0 Å². The van der Waals surface area contributed by atoms with Crippen LogP contribution >= 0.6 is 0 Å². The molecule has 88 valence electrons. The van der Waals surface area contributed by atoms with E-state index >= 15 is 0 Å². The van der Waals surface area contributed by atoms with Crippen LogP contribution in [0.2, 0.25) is 0 Å². The Labute approximate surface area is 96.3 Å². The Morgan fingerprint density at radius 2 is 2.06 bits per heavy atom. The van der Waals surface area contributed by atoms with Gasteiger partial charge in [0.15, 0.2) is 0 Å². The third-order valence-corrected chi connectivity index (χ3v) is 3.49. The molecule has 0 spiro atoms. The van der Waals surface area contributed by atoms with Gasteiger partial charge in [-0.3, -0.25) is 0 Å². The van der Waals surface area contributed by atoms with E-state index in [-0.39, 0.29) is 12.0 Å². The number of hydrogen-bond donors (Lipinski definition) is 2. The predicted octanol–water partition coefficient (Wildman–Crippen LogP) is 1.65. The molecule has 0 atom stereocenters. The molecule has 1 heterocycles. The van der Waals surface area contributed by atoms with Crippen molar-refractivity contribution in [3.05, 3.63) is 23.3 Å². The largest absolute Gasteiger partial charge is 0.507 e. The van der Waals surface area contributed by atoms with Gasteiger partial charge >= 0.3 is 0 Å². The number of aliphatic hydroxyl groups is 1. The third-order valence-electron chi connectivity index (χ3n) is 3.49. The van der Waals surface area contributed by atoms with E-state index in [9.17, 15) is 10.2 Å². The molecule has 0 saturated carbocycles. The van der Waals surface area contributed by atoms with Gasteiger partial charge in [-0.1, -0.05) is 19.9 Å². The number of fused-ring (bicyclic) bond motifs is 1. The molecule has 1 aliphatic heterocycles. The second kappa shape index (κ2) is 3.67. The van der Waals surface area contributed by atoms with Crippen LogP contribution in [0.1, 0.15) is 25.0 Å². The first kappa shape index (κ1) is 11.3. The van der Waals surface area contributed by atoms with Crippen LogP contribution in [0.5, 0.6) is 5.75 Å². The summed E-state index contributed by atoms with van der Waals surface area (Å²) in [6.07, 6.45) is 0.882. The number of phenols is 1. The maximum atomic E-state index is 10.3. The van der Waals surface area contributed by atoms with Crippen LogP contribution in [-0.4, -0.2) is 30.4 Å². The number of aliphatic hydroxyl groups excluding tert-OH is 1. The Hall–Kier alpha value is -1.22. The standard InChI is InChI=1S/C13H19NO2/c1-13(2,8-15)10-4-5-11-9(12(10)16)6-7-14(11)3/h4-5,15-16H,6-8H2,1-3H3. The van der Waals surface area contributed by atoms with Crippen LogP contribution in [-0.2, 0) is 11.8 Å². The summed E-state index contributed by atoms with van der Waals surface area (Å²) in [7, 11) is 2.03. The fraction of sp³-hybridized carbons (Fsp3) is 0.538. The monoisotopic (exact) mass is 221 g/mol. The number of aromatic hydroxyl groups is 1. The smallest absolute Gasteiger partial charge is 0.124 e. The van der Waals surface area contributed by atoms with Crippen molar-refractivity contribution in [2.45, 2.75) is 25.7 Å². The predicted molar refractivity (Wildman–Crippen MR) is 65.2 cm³/mol. The first-order chi connectivity index (χ1) is 7.47. The summed E-state index contributed by atoms with van der Waals surface area (Å²) < 4.78 is 0. The summed E-state index contributed by atoms with van der Waals surface area (Å²) in [6.45, 7) is 4.86. The van der Waals surface area contributed by atoms with E-state index in [0.717, 1.165) is 29.8 Å². The molecule has 0 aliphatic carbocycles. The highest BCUT2D eigenvalue weighted by molar-refractivity contribution is 5.65. The van der Waals surface area contributed by atoms with Gasteiger partial charge in [-0.25, -0.2) is 0 Å². The van der Waals surface area contributed by atoms with E-state index in [0.29, 0.717) is 5.75 Å². The average Bonchev–Trinajstić information content (AvgIpc) is 2.62. The van der Waals surface area contributed by atoms with Gasteiger partial charge in [-0.05, 0) is 12.5 Å². The van der Waals surface area contributed by atoms with Crippen molar-refractivity contribution in [2.75, 3.05) is 25.1 Å². The molecule has 1 aliphatic rings. The molecule has 0 saturated heterocycles. The molecular weight excluding hydrogens is 202 g/mol. The van der Waals surface area contributed by atoms with Gasteiger partial charge in [0.1, 0.15) is 5.75 Å². The van der Waals surface area contributed by atoms with Gasteiger partial charge in [0.2, 0.25) is 0 Å². The van der Waals surface area contributed by atoms with Crippen LogP contribution in [0.3, 0.4) is 0 Å². The van der Waals surface area contributed by atoms with Crippen molar-refractivity contribution in [2.24, 2.45) is 0 Å². The summed E-state index contributed by atoms with van der Waals surface area (Å²) in [5.41, 5.74) is 2.57. The fourth-order valence-electron chi connectivity index (χ4n) is 2.26. The van der Waals surface area contributed by atoms with Crippen molar-refractivity contribution in [3.63, 3.8) is 0 Å². The minimum Gasteiger partial charge on any atom is -0.507 e. The maximum Gasteiger partial charge on any atom is 0.124 e. The number of likely N-dealkylation sites (N-methyl/N-ethyl adjacent to an activating group) is 1. The van der Waals surface area contributed by atoms with E-state index in [2.05, 4.69) is 4.90 Å². The molecule has 3 nitrogen and oxygen atoms in total. The lowest BCUT2D eigenvalue weighted by Crippen LogP contribution is -2.22. The molecule has 2 N–H and O–H groups in total. The number of phenolic OH excluding ortho intramolecular Hbond substituents is 1. The Morgan fingerprint density at radius 3 is 2.69 bits per heavy atom. The Morgan fingerprint density at radius 1 is 1.38 bits per heavy atom. The average molecular weight is 221 g/mol. The molecule has 0 unspecified atom stereocenters. The van der Waals surface area contributed by atoms with Crippen LogP contribution in [0.25, 0.3) is 0 Å². The molecule has 0 bridgehead atoms. The quantitative estimate of drug-likeness (QED) is 0.798. The van der Waals surface area contributed by atoms with Gasteiger partial charge in [0.05, 0.1) is 6.61 Å². The zero-order chi connectivity index (χ0) is 11.9. The number of hydrogen-bond acceptors (Lipinski definition) is 3. The SMILES string of the molecule is CN1CCc2c1ccc(C(C)(C)CO)c2O. The normalized spacial score (nSPS) is 15.4. The van der Waals surface area contributed by atoms with Gasteiger partial charge in [0, 0.05) is 35.8 Å². The molecule has 0 fully saturated rings. The summed E-state index contributed by atoms with van der Waals surface area (Å²) in [4.78, 5) is 2.14. The molecule has 1 aromatic rings. The highest BCUT2D eigenvalue weighted by atomic mass is 16.3. The van der Waals surface area contributed by atoms with E-state index in [1.54, 1.807) is 0 Å². The van der Waals surface area contributed by atoms with E-state index in [1.807, 2.05) is 33.0 Å². The van der Waals surface area contributed by atoms with Crippen LogP contribution in [0.4, 0.5) is 5.69 Å². The van der Waals surface area contributed by atoms with Gasteiger partial charge in [-0.2, -0.15) is 0 Å². The number of nitrogens with zero attached hydrogens (tertiary/aromatic N) is 1. The zero-order valence-corrected chi connectivity index (χ0v) is 10.1.